The van der Waals surface area contributed by atoms with Crippen LogP contribution in [0.1, 0.15) is 19.8 Å². The predicted molar refractivity (Wildman–Crippen MR) is 42.8 cm³/mol. The van der Waals surface area contributed by atoms with Gasteiger partial charge in [-0.2, -0.15) is 11.8 Å². The Hall–Kier alpha value is 0.0200. The highest BCUT2D eigenvalue weighted by molar-refractivity contribution is 7.98. The van der Waals surface area contributed by atoms with Crippen molar-refractivity contribution < 1.29 is 4.79 Å². The summed E-state index contributed by atoms with van der Waals surface area (Å²) in [6.07, 6.45) is 4.86. The van der Waals surface area contributed by atoms with Crippen molar-refractivity contribution in [3.63, 3.8) is 0 Å². The number of hydrogen-bond donors (Lipinski definition) is 0. The molecule has 0 aromatic rings. The fraction of sp³-hybridized carbons (Fsp3) is 0.857. The second-order valence-electron chi connectivity index (χ2n) is 2.30. The Labute approximate surface area is 61.2 Å². The molecule has 1 unspecified atom stereocenters. The number of aldehydes is 1. The summed E-state index contributed by atoms with van der Waals surface area (Å²) < 4.78 is 0. The van der Waals surface area contributed by atoms with Crippen LogP contribution < -0.4 is 0 Å². The molecule has 0 aromatic heterocycles. The molecule has 0 radical (unpaired) electrons. The van der Waals surface area contributed by atoms with E-state index in [-0.39, 0.29) is 0 Å². The average Bonchev–Trinajstić information content (AvgIpc) is 1.85. The van der Waals surface area contributed by atoms with Crippen LogP contribution in [0, 0.1) is 5.92 Å². The summed E-state index contributed by atoms with van der Waals surface area (Å²) >= 11 is 1.84. The summed E-state index contributed by atoms with van der Waals surface area (Å²) in [6.45, 7) is 2.18. The van der Waals surface area contributed by atoms with E-state index in [2.05, 4.69) is 13.2 Å². The molecule has 0 aliphatic rings. The first-order valence-corrected chi connectivity index (χ1v) is 4.63. The van der Waals surface area contributed by atoms with Crippen LogP contribution in [0.5, 0.6) is 0 Å². The van der Waals surface area contributed by atoms with E-state index >= 15 is 0 Å². The molecule has 54 valence electrons. The normalized spacial score (nSPS) is 13.1. The Kier molecular flexibility index (Phi) is 6.16. The monoisotopic (exact) mass is 146 g/mol. The standard InChI is InChI=1S/C7H14OS/c1-7(6-9-2)4-3-5-8/h5,7H,3-4,6H2,1-2H3. The fourth-order valence-electron chi connectivity index (χ4n) is 0.720. The SMILES string of the molecule is CSCC(C)CCC=O. The molecule has 0 N–H and O–H groups in total. The maximum absolute atomic E-state index is 9.91. The van der Waals surface area contributed by atoms with Crippen molar-refractivity contribution in [1.82, 2.24) is 0 Å². The van der Waals surface area contributed by atoms with Gasteiger partial charge in [0.15, 0.2) is 0 Å². The minimum atomic E-state index is 0.699. The van der Waals surface area contributed by atoms with Gasteiger partial charge in [0, 0.05) is 6.42 Å². The van der Waals surface area contributed by atoms with Crippen LogP contribution in [0.15, 0.2) is 0 Å². The lowest BCUT2D eigenvalue weighted by Gasteiger charge is -2.04. The van der Waals surface area contributed by atoms with E-state index in [1.54, 1.807) is 0 Å². The molecule has 0 spiro atoms. The van der Waals surface area contributed by atoms with E-state index in [0.29, 0.717) is 5.92 Å². The van der Waals surface area contributed by atoms with E-state index in [9.17, 15) is 4.79 Å². The van der Waals surface area contributed by atoms with Gasteiger partial charge in [-0.3, -0.25) is 0 Å². The maximum atomic E-state index is 9.91. The van der Waals surface area contributed by atoms with Crippen LogP contribution in [0.3, 0.4) is 0 Å². The number of carbonyl (C=O) groups is 1. The number of hydrogen-bond acceptors (Lipinski definition) is 2. The maximum Gasteiger partial charge on any atom is 0.120 e. The van der Waals surface area contributed by atoms with Gasteiger partial charge < -0.3 is 4.79 Å². The molecular weight excluding hydrogens is 132 g/mol. The third-order valence-electron chi connectivity index (χ3n) is 1.23. The third-order valence-corrected chi connectivity index (χ3v) is 2.13. The van der Waals surface area contributed by atoms with Crippen molar-refractivity contribution >= 4 is 18.0 Å². The minimum Gasteiger partial charge on any atom is -0.303 e. The number of carbonyl (C=O) groups excluding carboxylic acids is 1. The van der Waals surface area contributed by atoms with Crippen LogP contribution in [0.4, 0.5) is 0 Å². The average molecular weight is 146 g/mol. The summed E-state index contributed by atoms with van der Waals surface area (Å²) in [4.78, 5) is 9.91. The fourth-order valence-corrected chi connectivity index (χ4v) is 1.46. The first-order valence-electron chi connectivity index (χ1n) is 3.23. The summed E-state index contributed by atoms with van der Waals surface area (Å²) in [5, 5.41) is 0. The van der Waals surface area contributed by atoms with Gasteiger partial charge in [-0.25, -0.2) is 0 Å². The van der Waals surface area contributed by atoms with Crippen molar-refractivity contribution in [2.24, 2.45) is 5.92 Å². The molecule has 1 atom stereocenters. The lowest BCUT2D eigenvalue weighted by molar-refractivity contribution is -0.108. The molecule has 0 fully saturated rings. The molecule has 9 heavy (non-hydrogen) atoms. The van der Waals surface area contributed by atoms with Crippen LogP contribution in [0.2, 0.25) is 0 Å². The Morgan fingerprint density at radius 1 is 1.67 bits per heavy atom. The molecule has 0 aliphatic heterocycles. The zero-order chi connectivity index (χ0) is 7.11. The summed E-state index contributed by atoms with van der Waals surface area (Å²) in [5.41, 5.74) is 0. The molecular formula is C7H14OS. The Bertz CT molecular complexity index is 73.3. The van der Waals surface area contributed by atoms with Crippen molar-refractivity contribution in [2.75, 3.05) is 12.0 Å². The Morgan fingerprint density at radius 3 is 2.78 bits per heavy atom. The second kappa shape index (κ2) is 6.14. The van der Waals surface area contributed by atoms with E-state index in [1.165, 1.54) is 5.75 Å². The molecule has 1 nitrogen and oxygen atoms in total. The van der Waals surface area contributed by atoms with Crippen LogP contribution in [0.25, 0.3) is 0 Å². The largest absolute Gasteiger partial charge is 0.303 e. The second-order valence-corrected chi connectivity index (χ2v) is 3.22. The molecule has 0 amide bonds. The Balaban J connectivity index is 3.04. The number of rotatable bonds is 5. The molecule has 0 heterocycles. The number of thioether (sulfide) groups is 1. The molecule has 0 aliphatic carbocycles. The van der Waals surface area contributed by atoms with Gasteiger partial charge in [-0.15, -0.1) is 0 Å². The first-order chi connectivity index (χ1) is 4.31. The van der Waals surface area contributed by atoms with Crippen LogP contribution in [-0.4, -0.2) is 18.3 Å². The first kappa shape index (κ1) is 9.02. The zero-order valence-corrected chi connectivity index (χ0v) is 6.91. The molecule has 0 rings (SSSR count). The quantitative estimate of drug-likeness (QED) is 0.551. The van der Waals surface area contributed by atoms with Gasteiger partial charge >= 0.3 is 0 Å². The van der Waals surface area contributed by atoms with Gasteiger partial charge in [0.25, 0.3) is 0 Å². The topological polar surface area (TPSA) is 17.1 Å². The van der Waals surface area contributed by atoms with Gasteiger partial charge in [0.2, 0.25) is 0 Å². The highest BCUT2D eigenvalue weighted by atomic mass is 32.2. The van der Waals surface area contributed by atoms with Crippen LogP contribution in [-0.2, 0) is 4.79 Å². The minimum absolute atomic E-state index is 0.699. The van der Waals surface area contributed by atoms with Crippen LogP contribution >= 0.6 is 11.8 Å². The molecule has 0 bridgehead atoms. The summed E-state index contributed by atoms with van der Waals surface area (Å²) in [7, 11) is 0. The highest BCUT2D eigenvalue weighted by Gasteiger charge is 1.98. The predicted octanol–water partition coefficient (Wildman–Crippen LogP) is 1.96. The van der Waals surface area contributed by atoms with Gasteiger partial charge in [0.1, 0.15) is 6.29 Å². The lowest BCUT2D eigenvalue weighted by Crippen LogP contribution is -1.97. The molecule has 0 saturated heterocycles. The van der Waals surface area contributed by atoms with E-state index in [4.69, 9.17) is 0 Å². The van der Waals surface area contributed by atoms with Crippen molar-refractivity contribution in [2.45, 2.75) is 19.8 Å². The van der Waals surface area contributed by atoms with Crippen molar-refractivity contribution in [3.05, 3.63) is 0 Å². The smallest absolute Gasteiger partial charge is 0.120 e. The van der Waals surface area contributed by atoms with Crippen molar-refractivity contribution in [1.29, 1.82) is 0 Å². The zero-order valence-electron chi connectivity index (χ0n) is 6.09. The molecule has 0 aromatic carbocycles. The van der Waals surface area contributed by atoms with E-state index in [1.807, 2.05) is 11.8 Å². The highest BCUT2D eigenvalue weighted by Crippen LogP contribution is 2.09. The summed E-state index contributed by atoms with van der Waals surface area (Å²) in [6, 6.07) is 0. The Morgan fingerprint density at radius 2 is 2.33 bits per heavy atom. The van der Waals surface area contributed by atoms with Gasteiger partial charge in [0.05, 0.1) is 0 Å². The van der Waals surface area contributed by atoms with Gasteiger partial charge in [-0.1, -0.05) is 6.92 Å². The summed E-state index contributed by atoms with van der Waals surface area (Å²) in [5.74, 6) is 1.87. The molecule has 2 heteroatoms. The van der Waals surface area contributed by atoms with Crippen molar-refractivity contribution in [3.8, 4) is 0 Å². The van der Waals surface area contributed by atoms with E-state index in [0.717, 1.165) is 19.1 Å². The van der Waals surface area contributed by atoms with E-state index < -0.39 is 0 Å². The third kappa shape index (κ3) is 5.90. The molecule has 0 saturated carbocycles. The lowest BCUT2D eigenvalue weighted by atomic mass is 10.1. The van der Waals surface area contributed by atoms with Gasteiger partial charge in [-0.05, 0) is 24.3 Å².